The summed E-state index contributed by atoms with van der Waals surface area (Å²) in [7, 11) is 0. The highest BCUT2D eigenvalue weighted by molar-refractivity contribution is 6.30. The Morgan fingerprint density at radius 2 is 1.56 bits per heavy atom. The predicted octanol–water partition coefficient (Wildman–Crippen LogP) is 5.58. The van der Waals surface area contributed by atoms with Crippen molar-refractivity contribution in [2.24, 2.45) is 5.92 Å². The van der Waals surface area contributed by atoms with Gasteiger partial charge in [0.2, 0.25) is 0 Å². The van der Waals surface area contributed by atoms with Gasteiger partial charge < -0.3 is 4.90 Å². The molecule has 0 N–H and O–H groups in total. The summed E-state index contributed by atoms with van der Waals surface area (Å²) in [4.78, 5) is 15.4. The molecule has 0 saturated carbocycles. The van der Waals surface area contributed by atoms with E-state index in [0.717, 1.165) is 5.69 Å². The van der Waals surface area contributed by atoms with Crippen LogP contribution in [0.4, 0.5) is 10.1 Å². The molecule has 1 heterocycles. The van der Waals surface area contributed by atoms with Gasteiger partial charge in [0.05, 0.1) is 0 Å². The average molecular weight is 380 g/mol. The number of Topliss-reactive ketones (excluding diaryl/α,β-unsaturated/α-hetero) is 1. The number of para-hydroxylation sites is 1. The maximum absolute atomic E-state index is 14.5. The van der Waals surface area contributed by atoms with E-state index in [4.69, 9.17) is 11.6 Å². The summed E-state index contributed by atoms with van der Waals surface area (Å²) in [6.45, 7) is 1.17. The van der Waals surface area contributed by atoms with Gasteiger partial charge in [-0.25, -0.2) is 4.39 Å². The Kier molecular flexibility index (Phi) is 4.95. The van der Waals surface area contributed by atoms with Crippen molar-refractivity contribution in [3.8, 4) is 0 Å². The fourth-order valence-electron chi connectivity index (χ4n) is 3.84. The third-order valence-corrected chi connectivity index (χ3v) is 5.46. The molecule has 0 unspecified atom stereocenters. The molecule has 1 saturated heterocycles. The molecule has 2 atom stereocenters. The van der Waals surface area contributed by atoms with Crippen molar-refractivity contribution in [2.45, 2.75) is 5.92 Å². The van der Waals surface area contributed by atoms with E-state index in [1.54, 1.807) is 36.4 Å². The largest absolute Gasteiger partial charge is 0.370 e. The summed E-state index contributed by atoms with van der Waals surface area (Å²) < 4.78 is 14.5. The van der Waals surface area contributed by atoms with Crippen molar-refractivity contribution in [1.29, 1.82) is 0 Å². The number of anilines is 1. The molecule has 0 bridgehead atoms. The van der Waals surface area contributed by atoms with Gasteiger partial charge in [0.1, 0.15) is 5.82 Å². The van der Waals surface area contributed by atoms with Crippen LogP contribution in [-0.2, 0) is 0 Å². The second kappa shape index (κ2) is 7.53. The van der Waals surface area contributed by atoms with Crippen LogP contribution in [-0.4, -0.2) is 18.9 Å². The summed E-state index contributed by atoms with van der Waals surface area (Å²) in [5, 5.41) is 0.592. The molecule has 4 heteroatoms. The SMILES string of the molecule is O=C(c1ccc(Cl)cc1)[C@@H]1CN(c2ccccc2)C[C@H]1c1ccccc1F. The van der Waals surface area contributed by atoms with Crippen LogP contribution in [0.15, 0.2) is 78.9 Å². The second-order valence-electron chi connectivity index (χ2n) is 6.85. The molecular formula is C23H19ClFNO. The first-order valence-corrected chi connectivity index (χ1v) is 9.35. The normalized spacial score (nSPS) is 19.3. The van der Waals surface area contributed by atoms with E-state index in [1.165, 1.54) is 6.07 Å². The fourth-order valence-corrected chi connectivity index (χ4v) is 3.96. The quantitative estimate of drug-likeness (QED) is 0.551. The molecule has 1 aliphatic rings. The average Bonchev–Trinajstić information content (AvgIpc) is 3.14. The Labute approximate surface area is 163 Å². The molecule has 2 nitrogen and oxygen atoms in total. The van der Waals surface area contributed by atoms with Gasteiger partial charge in [-0.3, -0.25) is 4.79 Å². The van der Waals surface area contributed by atoms with E-state index in [2.05, 4.69) is 4.90 Å². The number of nitrogens with zero attached hydrogens (tertiary/aromatic N) is 1. The number of benzene rings is 3. The maximum Gasteiger partial charge on any atom is 0.168 e. The van der Waals surface area contributed by atoms with Gasteiger partial charge in [-0.05, 0) is 48.0 Å². The summed E-state index contributed by atoms with van der Waals surface area (Å²) in [5.41, 5.74) is 2.26. The smallest absolute Gasteiger partial charge is 0.168 e. The molecule has 0 aliphatic carbocycles. The molecule has 4 rings (SSSR count). The Morgan fingerprint density at radius 1 is 0.889 bits per heavy atom. The number of ketones is 1. The fraction of sp³-hybridized carbons (Fsp3) is 0.174. The third-order valence-electron chi connectivity index (χ3n) is 5.21. The van der Waals surface area contributed by atoms with E-state index in [0.29, 0.717) is 29.2 Å². The second-order valence-corrected chi connectivity index (χ2v) is 7.28. The zero-order valence-electron chi connectivity index (χ0n) is 14.7. The lowest BCUT2D eigenvalue weighted by Crippen LogP contribution is -2.23. The van der Waals surface area contributed by atoms with Crippen LogP contribution >= 0.6 is 11.6 Å². The van der Waals surface area contributed by atoms with Crippen molar-refractivity contribution < 1.29 is 9.18 Å². The lowest BCUT2D eigenvalue weighted by molar-refractivity contribution is 0.0921. The first-order valence-electron chi connectivity index (χ1n) is 8.97. The summed E-state index contributed by atoms with van der Waals surface area (Å²) in [6, 6.07) is 23.6. The molecule has 3 aromatic carbocycles. The van der Waals surface area contributed by atoms with E-state index in [9.17, 15) is 9.18 Å². The number of hydrogen-bond donors (Lipinski definition) is 0. The first kappa shape index (κ1) is 17.7. The highest BCUT2D eigenvalue weighted by Crippen LogP contribution is 2.38. The lowest BCUT2D eigenvalue weighted by atomic mass is 9.83. The number of rotatable bonds is 4. The number of hydrogen-bond acceptors (Lipinski definition) is 2. The van der Waals surface area contributed by atoms with Crippen LogP contribution in [0.2, 0.25) is 5.02 Å². The van der Waals surface area contributed by atoms with Gasteiger partial charge in [0.15, 0.2) is 5.78 Å². The summed E-state index contributed by atoms with van der Waals surface area (Å²) in [6.07, 6.45) is 0. The minimum absolute atomic E-state index is 0.0263. The molecule has 1 fully saturated rings. The first-order chi connectivity index (χ1) is 13.1. The van der Waals surface area contributed by atoms with Crippen molar-refractivity contribution in [1.82, 2.24) is 0 Å². The van der Waals surface area contributed by atoms with E-state index in [-0.39, 0.29) is 23.4 Å². The monoisotopic (exact) mass is 379 g/mol. The Morgan fingerprint density at radius 3 is 2.26 bits per heavy atom. The van der Waals surface area contributed by atoms with Gasteiger partial charge in [0.25, 0.3) is 0 Å². The Hall–Kier alpha value is -2.65. The van der Waals surface area contributed by atoms with Crippen molar-refractivity contribution in [3.05, 3.63) is 101 Å². The number of carbonyl (C=O) groups excluding carboxylic acids is 1. The van der Waals surface area contributed by atoms with Crippen LogP contribution < -0.4 is 4.90 Å². The van der Waals surface area contributed by atoms with Crippen molar-refractivity contribution >= 4 is 23.1 Å². The van der Waals surface area contributed by atoms with E-state index < -0.39 is 0 Å². The van der Waals surface area contributed by atoms with Crippen molar-refractivity contribution in [2.75, 3.05) is 18.0 Å². The molecule has 0 spiro atoms. The van der Waals surface area contributed by atoms with Crippen LogP contribution in [0.5, 0.6) is 0 Å². The molecule has 27 heavy (non-hydrogen) atoms. The van der Waals surface area contributed by atoms with E-state index in [1.807, 2.05) is 36.4 Å². The number of halogens is 2. The van der Waals surface area contributed by atoms with Crippen LogP contribution in [0.3, 0.4) is 0 Å². The molecular weight excluding hydrogens is 361 g/mol. The highest BCUT2D eigenvalue weighted by atomic mass is 35.5. The van der Waals surface area contributed by atoms with Gasteiger partial charge in [-0.15, -0.1) is 0 Å². The molecule has 3 aromatic rings. The molecule has 1 aliphatic heterocycles. The van der Waals surface area contributed by atoms with Crippen LogP contribution in [0, 0.1) is 11.7 Å². The third kappa shape index (κ3) is 3.60. The molecule has 0 radical (unpaired) electrons. The molecule has 136 valence electrons. The van der Waals surface area contributed by atoms with E-state index >= 15 is 0 Å². The lowest BCUT2D eigenvalue weighted by Gasteiger charge is -2.18. The maximum atomic E-state index is 14.5. The van der Waals surface area contributed by atoms with Gasteiger partial charge in [-0.2, -0.15) is 0 Å². The zero-order chi connectivity index (χ0) is 18.8. The minimum atomic E-state index is -0.316. The van der Waals surface area contributed by atoms with Gasteiger partial charge >= 0.3 is 0 Å². The minimum Gasteiger partial charge on any atom is -0.370 e. The Balaban J connectivity index is 1.70. The van der Waals surface area contributed by atoms with Gasteiger partial charge in [-0.1, -0.05) is 48.0 Å². The van der Waals surface area contributed by atoms with Crippen LogP contribution in [0.25, 0.3) is 0 Å². The topological polar surface area (TPSA) is 20.3 Å². The van der Waals surface area contributed by atoms with Gasteiger partial charge in [0, 0.05) is 41.2 Å². The summed E-state index contributed by atoms with van der Waals surface area (Å²) >= 11 is 5.96. The van der Waals surface area contributed by atoms with Crippen molar-refractivity contribution in [3.63, 3.8) is 0 Å². The number of carbonyl (C=O) groups is 1. The Bertz CT molecular complexity index is 942. The standard InChI is InChI=1S/C23H19ClFNO/c24-17-12-10-16(11-13-17)23(27)21-15-26(18-6-2-1-3-7-18)14-20(21)19-8-4-5-9-22(19)25/h1-13,20-21H,14-15H2/t20-,21+/m0/s1. The highest BCUT2D eigenvalue weighted by Gasteiger charge is 2.39. The zero-order valence-corrected chi connectivity index (χ0v) is 15.4. The molecule has 0 amide bonds. The molecule has 0 aromatic heterocycles. The predicted molar refractivity (Wildman–Crippen MR) is 107 cm³/mol. The van der Waals surface area contributed by atoms with Crippen LogP contribution in [0.1, 0.15) is 21.8 Å². The summed E-state index contributed by atoms with van der Waals surface area (Å²) in [5.74, 6) is -0.748.